The first-order valence-electron chi connectivity index (χ1n) is 4.41. The van der Waals surface area contributed by atoms with Crippen LogP contribution < -0.4 is 5.32 Å². The van der Waals surface area contributed by atoms with Crippen molar-refractivity contribution in [3.8, 4) is 0 Å². The molecule has 0 atom stereocenters. The van der Waals surface area contributed by atoms with Crippen molar-refractivity contribution < 1.29 is 0 Å². The number of halogens is 2. The SMILES string of the molecule is CCC(C)(C)Nc1nc(Cl)ncc1Br. The molecule has 0 amide bonds. The van der Waals surface area contributed by atoms with Crippen molar-refractivity contribution >= 4 is 33.3 Å². The zero-order chi connectivity index (χ0) is 10.8. The van der Waals surface area contributed by atoms with Crippen molar-refractivity contribution in [3.63, 3.8) is 0 Å². The highest BCUT2D eigenvalue weighted by Crippen LogP contribution is 2.24. The maximum Gasteiger partial charge on any atom is 0.224 e. The van der Waals surface area contributed by atoms with Gasteiger partial charge in [0.1, 0.15) is 5.82 Å². The van der Waals surface area contributed by atoms with Gasteiger partial charge in [-0.3, -0.25) is 0 Å². The van der Waals surface area contributed by atoms with Gasteiger partial charge in [-0.1, -0.05) is 6.92 Å². The summed E-state index contributed by atoms with van der Waals surface area (Å²) in [4.78, 5) is 7.96. The molecule has 3 nitrogen and oxygen atoms in total. The number of hydrogen-bond acceptors (Lipinski definition) is 3. The fourth-order valence-corrected chi connectivity index (χ4v) is 1.27. The van der Waals surface area contributed by atoms with Crippen LogP contribution in [-0.4, -0.2) is 15.5 Å². The lowest BCUT2D eigenvalue weighted by atomic mass is 10.0. The van der Waals surface area contributed by atoms with Gasteiger partial charge < -0.3 is 5.32 Å². The Morgan fingerprint density at radius 1 is 1.57 bits per heavy atom. The molecule has 0 aliphatic carbocycles. The van der Waals surface area contributed by atoms with E-state index < -0.39 is 0 Å². The van der Waals surface area contributed by atoms with Gasteiger partial charge in [0.2, 0.25) is 5.28 Å². The van der Waals surface area contributed by atoms with E-state index in [9.17, 15) is 0 Å². The van der Waals surface area contributed by atoms with E-state index >= 15 is 0 Å². The van der Waals surface area contributed by atoms with Crippen LogP contribution in [0.5, 0.6) is 0 Å². The third-order valence-corrected chi connectivity index (χ3v) is 2.82. The Bertz CT molecular complexity index is 328. The van der Waals surface area contributed by atoms with Crippen molar-refractivity contribution in [1.82, 2.24) is 9.97 Å². The zero-order valence-corrected chi connectivity index (χ0v) is 10.8. The third kappa shape index (κ3) is 3.10. The molecule has 1 rings (SSSR count). The number of hydrogen-bond donors (Lipinski definition) is 1. The highest BCUT2D eigenvalue weighted by atomic mass is 79.9. The summed E-state index contributed by atoms with van der Waals surface area (Å²) >= 11 is 9.07. The van der Waals surface area contributed by atoms with E-state index in [1.807, 2.05) is 0 Å². The molecular formula is C9H13BrClN3. The molecular weight excluding hydrogens is 265 g/mol. The van der Waals surface area contributed by atoms with Crippen LogP contribution in [0.15, 0.2) is 10.7 Å². The van der Waals surface area contributed by atoms with Crippen LogP contribution in [0.1, 0.15) is 27.2 Å². The quantitative estimate of drug-likeness (QED) is 0.860. The van der Waals surface area contributed by atoms with Gasteiger partial charge in [0.05, 0.1) is 4.47 Å². The average Bonchev–Trinajstić information content (AvgIpc) is 2.11. The Morgan fingerprint density at radius 3 is 2.79 bits per heavy atom. The molecule has 0 spiro atoms. The summed E-state index contributed by atoms with van der Waals surface area (Å²) in [5.74, 6) is 0.733. The molecule has 78 valence electrons. The van der Waals surface area contributed by atoms with E-state index in [2.05, 4.69) is 52.0 Å². The Morgan fingerprint density at radius 2 is 2.21 bits per heavy atom. The standard InChI is InChI=1S/C9H13BrClN3/c1-4-9(2,3)14-7-6(10)5-12-8(11)13-7/h5H,4H2,1-3H3,(H,12,13,14). The Labute approximate surface area is 97.4 Å². The summed E-state index contributed by atoms with van der Waals surface area (Å²) in [6.07, 6.45) is 2.64. The van der Waals surface area contributed by atoms with Crippen LogP contribution in [0.4, 0.5) is 5.82 Å². The minimum absolute atomic E-state index is 0.000201. The molecule has 1 heterocycles. The second-order valence-electron chi connectivity index (χ2n) is 3.70. The minimum atomic E-state index is 0.000201. The predicted octanol–water partition coefficient (Wildman–Crippen LogP) is 3.49. The van der Waals surface area contributed by atoms with Crippen molar-refractivity contribution in [3.05, 3.63) is 16.0 Å². The van der Waals surface area contributed by atoms with E-state index in [4.69, 9.17) is 11.6 Å². The smallest absolute Gasteiger partial charge is 0.224 e. The fraction of sp³-hybridized carbons (Fsp3) is 0.556. The molecule has 1 N–H and O–H groups in total. The number of nitrogens with one attached hydrogen (secondary N) is 1. The van der Waals surface area contributed by atoms with Gasteiger partial charge in [0.25, 0.3) is 0 Å². The average molecular weight is 279 g/mol. The van der Waals surface area contributed by atoms with Gasteiger partial charge in [-0.05, 0) is 47.8 Å². The number of aromatic nitrogens is 2. The lowest BCUT2D eigenvalue weighted by Gasteiger charge is -2.25. The highest BCUT2D eigenvalue weighted by Gasteiger charge is 2.16. The summed E-state index contributed by atoms with van der Waals surface area (Å²) in [6, 6.07) is 0. The summed E-state index contributed by atoms with van der Waals surface area (Å²) in [7, 11) is 0. The molecule has 14 heavy (non-hydrogen) atoms. The lowest BCUT2D eigenvalue weighted by Crippen LogP contribution is -2.30. The zero-order valence-electron chi connectivity index (χ0n) is 8.43. The first-order valence-corrected chi connectivity index (χ1v) is 5.58. The van der Waals surface area contributed by atoms with Crippen LogP contribution in [-0.2, 0) is 0 Å². The van der Waals surface area contributed by atoms with E-state index in [0.717, 1.165) is 16.7 Å². The Balaban J connectivity index is 2.91. The maximum absolute atomic E-state index is 5.71. The van der Waals surface area contributed by atoms with Crippen LogP contribution in [0, 0.1) is 0 Å². The molecule has 1 aromatic heterocycles. The summed E-state index contributed by atoms with van der Waals surface area (Å²) in [6.45, 7) is 6.33. The summed E-state index contributed by atoms with van der Waals surface area (Å²) in [5, 5.41) is 3.55. The number of rotatable bonds is 3. The summed E-state index contributed by atoms with van der Waals surface area (Å²) < 4.78 is 0.823. The topological polar surface area (TPSA) is 37.8 Å². The molecule has 0 saturated carbocycles. The molecule has 1 aromatic rings. The van der Waals surface area contributed by atoms with Crippen molar-refractivity contribution in [2.24, 2.45) is 0 Å². The molecule has 0 bridgehead atoms. The lowest BCUT2D eigenvalue weighted by molar-refractivity contribution is 0.544. The second kappa shape index (κ2) is 4.45. The molecule has 0 unspecified atom stereocenters. The Hall–Kier alpha value is -0.350. The van der Waals surface area contributed by atoms with Gasteiger partial charge in [-0.25, -0.2) is 4.98 Å². The second-order valence-corrected chi connectivity index (χ2v) is 4.89. The van der Waals surface area contributed by atoms with Gasteiger partial charge in [0, 0.05) is 11.7 Å². The van der Waals surface area contributed by atoms with Gasteiger partial charge in [0.15, 0.2) is 0 Å². The largest absolute Gasteiger partial charge is 0.364 e. The van der Waals surface area contributed by atoms with E-state index in [-0.39, 0.29) is 10.8 Å². The van der Waals surface area contributed by atoms with E-state index in [1.165, 1.54) is 0 Å². The van der Waals surface area contributed by atoms with Crippen molar-refractivity contribution in [2.45, 2.75) is 32.7 Å². The normalized spacial score (nSPS) is 11.5. The van der Waals surface area contributed by atoms with Crippen molar-refractivity contribution in [1.29, 1.82) is 0 Å². The monoisotopic (exact) mass is 277 g/mol. The molecule has 0 aromatic carbocycles. The van der Waals surface area contributed by atoms with Crippen LogP contribution in [0.25, 0.3) is 0 Å². The molecule has 0 radical (unpaired) electrons. The van der Waals surface area contributed by atoms with Crippen LogP contribution in [0.3, 0.4) is 0 Å². The predicted molar refractivity (Wildman–Crippen MR) is 62.7 cm³/mol. The number of anilines is 1. The minimum Gasteiger partial charge on any atom is -0.364 e. The van der Waals surface area contributed by atoms with Gasteiger partial charge in [-0.15, -0.1) is 0 Å². The van der Waals surface area contributed by atoms with Gasteiger partial charge >= 0.3 is 0 Å². The third-order valence-electron chi connectivity index (χ3n) is 2.06. The molecule has 5 heteroatoms. The van der Waals surface area contributed by atoms with Gasteiger partial charge in [-0.2, -0.15) is 4.98 Å². The van der Waals surface area contributed by atoms with Crippen LogP contribution in [0.2, 0.25) is 5.28 Å². The van der Waals surface area contributed by atoms with E-state index in [1.54, 1.807) is 6.20 Å². The number of nitrogens with zero attached hydrogens (tertiary/aromatic N) is 2. The molecule has 0 aliphatic rings. The fourth-order valence-electron chi connectivity index (χ4n) is 0.842. The highest BCUT2D eigenvalue weighted by molar-refractivity contribution is 9.10. The molecule has 0 fully saturated rings. The van der Waals surface area contributed by atoms with E-state index in [0.29, 0.717) is 0 Å². The maximum atomic E-state index is 5.71. The first-order chi connectivity index (χ1) is 6.44. The van der Waals surface area contributed by atoms with Crippen LogP contribution >= 0.6 is 27.5 Å². The Kier molecular flexibility index (Phi) is 3.72. The molecule has 0 saturated heterocycles. The molecule has 0 aliphatic heterocycles. The first kappa shape index (κ1) is 11.7. The van der Waals surface area contributed by atoms with Crippen molar-refractivity contribution in [2.75, 3.05) is 5.32 Å². The summed E-state index contributed by atoms with van der Waals surface area (Å²) in [5.41, 5.74) is 0.000201.